The van der Waals surface area contributed by atoms with Crippen LogP contribution in [0.4, 0.5) is 11.8 Å². The summed E-state index contributed by atoms with van der Waals surface area (Å²) < 4.78 is 22.5. The van der Waals surface area contributed by atoms with Crippen molar-refractivity contribution in [3.8, 4) is 0 Å². The molecule has 32 heavy (non-hydrogen) atoms. The van der Waals surface area contributed by atoms with Crippen LogP contribution in [-0.4, -0.2) is 96.4 Å². The maximum Gasteiger partial charge on any atom is 0.469 e. The molecule has 16 heteroatoms. The predicted molar refractivity (Wildman–Crippen MR) is 115 cm³/mol. The van der Waals surface area contributed by atoms with E-state index in [0.29, 0.717) is 19.0 Å². The molecule has 0 saturated carbocycles. The van der Waals surface area contributed by atoms with E-state index in [0.717, 1.165) is 25.7 Å². The minimum Gasteiger partial charge on any atom is -0.387 e. The Labute approximate surface area is 196 Å². The van der Waals surface area contributed by atoms with Gasteiger partial charge >= 0.3 is 7.82 Å². The quantitative estimate of drug-likeness (QED) is 0.116. The summed E-state index contributed by atoms with van der Waals surface area (Å²) in [5, 5.41) is 24.0. The summed E-state index contributed by atoms with van der Waals surface area (Å²) in [7, 11) is -4.78. The second-order valence-electron chi connectivity index (χ2n) is 7.20. The third kappa shape index (κ3) is 6.39. The van der Waals surface area contributed by atoms with E-state index >= 15 is 0 Å². The van der Waals surface area contributed by atoms with Crippen LogP contribution in [-0.2, 0) is 13.8 Å². The van der Waals surface area contributed by atoms with Gasteiger partial charge in [0.05, 0.1) is 6.61 Å². The normalized spacial score (nSPS) is 23.4. The molecule has 0 spiro atoms. The van der Waals surface area contributed by atoms with E-state index in [1.54, 1.807) is 0 Å². The van der Waals surface area contributed by atoms with Crippen LogP contribution in [0, 0.1) is 0 Å². The maximum absolute atomic E-state index is 11.0. The number of aromatic nitrogens is 4. The van der Waals surface area contributed by atoms with Gasteiger partial charge in [-0.05, 0) is 19.4 Å². The van der Waals surface area contributed by atoms with E-state index in [-0.39, 0.29) is 35.8 Å². The molecule has 1 radical (unpaired) electrons. The maximum atomic E-state index is 11.0. The van der Waals surface area contributed by atoms with Crippen molar-refractivity contribution < 1.29 is 33.8 Å². The van der Waals surface area contributed by atoms with Gasteiger partial charge in [0.1, 0.15) is 24.6 Å². The summed E-state index contributed by atoms with van der Waals surface area (Å²) in [5.41, 5.74) is 12.0. The van der Waals surface area contributed by atoms with Crippen LogP contribution in [0.5, 0.6) is 0 Å². The van der Waals surface area contributed by atoms with Gasteiger partial charge in [0.25, 0.3) is 0 Å². The number of phosphoric ester groups is 1. The minimum atomic E-state index is -4.78. The number of imidazole rings is 1. The second-order valence-corrected chi connectivity index (χ2v) is 8.44. The number of hydrogen-bond acceptors (Lipinski definition) is 11. The predicted octanol–water partition coefficient (Wildman–Crippen LogP) is -1.31. The van der Waals surface area contributed by atoms with Gasteiger partial charge in [-0.3, -0.25) is 9.09 Å². The number of anilines is 2. The molecule has 0 bridgehead atoms. The van der Waals surface area contributed by atoms with Crippen molar-refractivity contribution in [3.05, 3.63) is 6.33 Å². The molecule has 1 aliphatic heterocycles. The molecule has 0 amide bonds. The summed E-state index contributed by atoms with van der Waals surface area (Å²) >= 11 is 0. The molecule has 2 aromatic rings. The first-order valence-electron chi connectivity index (χ1n) is 9.87. The number of aliphatic hydroxyl groups is 2. The number of nitrogen functional groups attached to an aromatic ring is 1. The summed E-state index contributed by atoms with van der Waals surface area (Å²) in [6, 6.07) is 0. The molecule has 1 aliphatic rings. The van der Waals surface area contributed by atoms with Gasteiger partial charge in [0.2, 0.25) is 5.95 Å². The fourth-order valence-electron chi connectivity index (χ4n) is 3.37. The van der Waals surface area contributed by atoms with E-state index in [1.165, 1.54) is 10.9 Å². The number of phosphoric acid groups is 1. The van der Waals surface area contributed by atoms with Crippen molar-refractivity contribution in [2.24, 2.45) is 5.73 Å². The van der Waals surface area contributed by atoms with Crippen molar-refractivity contribution in [3.63, 3.8) is 0 Å². The van der Waals surface area contributed by atoms with E-state index in [9.17, 15) is 14.8 Å². The van der Waals surface area contributed by atoms with Crippen LogP contribution in [0.3, 0.4) is 0 Å². The second kappa shape index (κ2) is 11.7. The SMILES string of the molecule is NCCCCCCNc1nc2c(N)ncnc2n1C1OC(COP(=O)(O)O)C(O)C1O.[Li]. The van der Waals surface area contributed by atoms with E-state index in [2.05, 4.69) is 24.8 Å². The zero-order valence-corrected chi connectivity index (χ0v) is 18.6. The van der Waals surface area contributed by atoms with E-state index in [1.807, 2.05) is 0 Å². The Morgan fingerprint density at radius 3 is 2.59 bits per heavy atom. The first-order valence-corrected chi connectivity index (χ1v) is 11.4. The summed E-state index contributed by atoms with van der Waals surface area (Å²) in [6.07, 6.45) is -0.240. The zero-order valence-electron chi connectivity index (χ0n) is 17.7. The van der Waals surface area contributed by atoms with Gasteiger partial charge in [0.15, 0.2) is 23.2 Å². The van der Waals surface area contributed by atoms with Crippen LogP contribution in [0.2, 0.25) is 0 Å². The average molecular weight is 468 g/mol. The third-order valence-corrected chi connectivity index (χ3v) is 5.40. The molecule has 3 rings (SSSR count). The molecule has 2 aromatic heterocycles. The number of nitrogens with two attached hydrogens (primary N) is 2. The van der Waals surface area contributed by atoms with Crippen molar-refractivity contribution in [1.82, 2.24) is 19.5 Å². The average Bonchev–Trinajstić information content (AvgIpc) is 3.21. The Morgan fingerprint density at radius 1 is 1.19 bits per heavy atom. The van der Waals surface area contributed by atoms with Gasteiger partial charge in [0, 0.05) is 25.4 Å². The molecule has 175 valence electrons. The zero-order chi connectivity index (χ0) is 22.6. The molecule has 0 aliphatic carbocycles. The van der Waals surface area contributed by atoms with Gasteiger partial charge in [-0.25, -0.2) is 19.5 Å². The number of hydrogen-bond donors (Lipinski definition) is 7. The Morgan fingerprint density at radius 2 is 1.91 bits per heavy atom. The van der Waals surface area contributed by atoms with E-state index < -0.39 is 39.0 Å². The van der Waals surface area contributed by atoms with Crippen LogP contribution in [0.15, 0.2) is 6.33 Å². The Hall–Kier alpha value is -1.30. The first kappa shape index (κ1) is 26.9. The van der Waals surface area contributed by atoms with Crippen molar-refractivity contribution in [2.75, 3.05) is 30.7 Å². The number of fused-ring (bicyclic) bond motifs is 1. The van der Waals surface area contributed by atoms with Crippen LogP contribution in [0.25, 0.3) is 11.2 Å². The van der Waals surface area contributed by atoms with Crippen molar-refractivity contribution in [1.29, 1.82) is 0 Å². The van der Waals surface area contributed by atoms with Crippen LogP contribution in [0.1, 0.15) is 31.9 Å². The fourth-order valence-corrected chi connectivity index (χ4v) is 3.71. The molecule has 3 heterocycles. The fraction of sp³-hybridized carbons (Fsp3) is 0.688. The van der Waals surface area contributed by atoms with Gasteiger partial charge < -0.3 is 41.5 Å². The summed E-state index contributed by atoms with van der Waals surface area (Å²) in [5.74, 6) is 0.429. The molecule has 4 atom stereocenters. The number of nitrogens with zero attached hydrogens (tertiary/aromatic N) is 4. The molecule has 0 aromatic carbocycles. The molecular weight excluding hydrogens is 440 g/mol. The standard InChI is InChI=1S/C16H28N7O7P.Li/c17-5-3-1-2-4-6-19-16-22-10-13(18)20-8-21-14(10)23(16)15-12(25)11(24)9(30-15)7-29-31(26,27)28;/h8-9,11-12,15,24-25H,1-7,17H2,(H,19,22)(H2,18,20,21)(H2,26,27,28);. The molecule has 9 N–H and O–H groups in total. The van der Waals surface area contributed by atoms with Crippen LogP contribution < -0.4 is 16.8 Å². The third-order valence-electron chi connectivity index (χ3n) is 4.92. The Balaban J connectivity index is 0.00000363. The smallest absolute Gasteiger partial charge is 0.387 e. The number of aliphatic hydroxyl groups excluding tert-OH is 2. The molecular formula is C16H28LiN7O7P. The Bertz CT molecular complexity index is 930. The Kier molecular flexibility index (Phi) is 9.86. The van der Waals surface area contributed by atoms with Gasteiger partial charge in [-0.15, -0.1) is 0 Å². The summed E-state index contributed by atoms with van der Waals surface area (Å²) in [6.45, 7) is 0.595. The number of unbranched alkanes of at least 4 members (excludes halogenated alkanes) is 3. The van der Waals surface area contributed by atoms with Crippen molar-refractivity contribution >= 4 is 49.6 Å². The van der Waals surface area contributed by atoms with Gasteiger partial charge in [-0.1, -0.05) is 12.8 Å². The molecule has 4 unspecified atom stereocenters. The largest absolute Gasteiger partial charge is 0.469 e. The topological polar surface area (TPSA) is 224 Å². The summed E-state index contributed by atoms with van der Waals surface area (Å²) in [4.78, 5) is 30.3. The molecule has 1 fully saturated rings. The number of ether oxygens (including phenoxy) is 1. The monoisotopic (exact) mass is 468 g/mol. The van der Waals surface area contributed by atoms with Crippen LogP contribution >= 0.6 is 7.82 Å². The van der Waals surface area contributed by atoms with E-state index in [4.69, 9.17) is 26.0 Å². The minimum absolute atomic E-state index is 0. The van der Waals surface area contributed by atoms with Gasteiger partial charge in [-0.2, -0.15) is 0 Å². The number of nitrogens with one attached hydrogen (secondary N) is 1. The molecule has 1 saturated heterocycles. The molecule has 14 nitrogen and oxygen atoms in total. The number of rotatable bonds is 11. The van der Waals surface area contributed by atoms with Crippen molar-refractivity contribution in [2.45, 2.75) is 50.2 Å². The first-order chi connectivity index (χ1) is 14.7.